The van der Waals surface area contributed by atoms with E-state index in [0.717, 1.165) is 12.0 Å². The molecule has 5 aliphatic rings. The minimum Gasteiger partial charge on any atom is -0.497 e. The third-order valence-electron chi connectivity index (χ3n) is 8.25. The van der Waals surface area contributed by atoms with Gasteiger partial charge in [0.15, 0.2) is 0 Å². The summed E-state index contributed by atoms with van der Waals surface area (Å²) >= 11 is 0. The molecule has 180 valence electrons. The molecule has 1 aliphatic heterocycles. The number of ether oxygens (including phenoxy) is 2. The van der Waals surface area contributed by atoms with Crippen molar-refractivity contribution in [3.05, 3.63) is 66.2 Å². The van der Waals surface area contributed by atoms with Crippen molar-refractivity contribution >= 4 is 23.4 Å². The van der Waals surface area contributed by atoms with Gasteiger partial charge in [0.1, 0.15) is 17.5 Å². The molecule has 7 atom stereocenters. The molecule has 2 bridgehead atoms. The Labute approximate surface area is 204 Å². The number of hydrogen-bond donors (Lipinski definition) is 1. The number of anilines is 1. The molecule has 2 saturated carbocycles. The molecule has 0 unspecified atom stereocenters. The molecule has 0 spiro atoms. The summed E-state index contributed by atoms with van der Waals surface area (Å²) in [5, 5.41) is 2.91. The Hall–Kier alpha value is -3.61. The van der Waals surface area contributed by atoms with Crippen LogP contribution >= 0.6 is 0 Å². The van der Waals surface area contributed by atoms with Crippen LogP contribution in [-0.4, -0.2) is 42.9 Å². The number of hydrogen-bond acceptors (Lipinski definition) is 5. The van der Waals surface area contributed by atoms with E-state index in [1.165, 1.54) is 12.0 Å². The number of rotatable bonds is 7. The van der Waals surface area contributed by atoms with Crippen molar-refractivity contribution < 1.29 is 23.9 Å². The first-order chi connectivity index (χ1) is 17.0. The first kappa shape index (κ1) is 21.9. The highest BCUT2D eigenvalue weighted by molar-refractivity contribution is 6.11. The van der Waals surface area contributed by atoms with Crippen LogP contribution in [-0.2, 0) is 20.8 Å². The number of carbonyl (C=O) groups excluding carboxylic acids is 3. The molecule has 1 N–H and O–H groups in total. The molecule has 3 fully saturated rings. The topological polar surface area (TPSA) is 84.9 Å². The van der Waals surface area contributed by atoms with E-state index in [2.05, 4.69) is 17.5 Å². The molecule has 0 aromatic heterocycles. The maximum Gasteiger partial charge on any atom is 0.248 e. The Bertz CT molecular complexity index is 1190. The van der Waals surface area contributed by atoms with Gasteiger partial charge in [-0.05, 0) is 47.8 Å². The minimum atomic E-state index is -0.953. The van der Waals surface area contributed by atoms with E-state index in [9.17, 15) is 14.4 Å². The predicted molar refractivity (Wildman–Crippen MR) is 129 cm³/mol. The molecule has 1 saturated heterocycles. The summed E-state index contributed by atoms with van der Waals surface area (Å²) in [5.41, 5.74) is 1.34. The maximum absolute atomic E-state index is 13.7. The molecule has 7 nitrogen and oxygen atoms in total. The van der Waals surface area contributed by atoms with Gasteiger partial charge in [-0.25, -0.2) is 0 Å². The Morgan fingerprint density at radius 1 is 0.971 bits per heavy atom. The van der Waals surface area contributed by atoms with Crippen LogP contribution in [0.15, 0.2) is 60.7 Å². The number of allylic oxidation sites excluding steroid dienone is 2. The summed E-state index contributed by atoms with van der Waals surface area (Å²) in [6.45, 7) is 0. The van der Waals surface area contributed by atoms with Gasteiger partial charge in [-0.1, -0.05) is 42.5 Å². The second kappa shape index (κ2) is 8.26. The van der Waals surface area contributed by atoms with Gasteiger partial charge < -0.3 is 14.8 Å². The standard InChI is InChI=1S/C28H28N2O5/c1-34-16-8-11-21(23(13-16)35-2)29-26(31)22(12-15-6-4-3-5-7-15)30-27(32)24-17-9-10-18(20-14-19(17)20)25(24)28(30)33/h3-11,13,17-20,22,24-25H,12,14H2,1-2H3,(H,29,31)/t17-,18-,19-,20-,22-,24+,25+/m1/s1. The van der Waals surface area contributed by atoms with Gasteiger partial charge >= 0.3 is 0 Å². The van der Waals surface area contributed by atoms with Crippen LogP contribution in [0.2, 0.25) is 0 Å². The maximum atomic E-state index is 13.7. The zero-order chi connectivity index (χ0) is 24.3. The highest BCUT2D eigenvalue weighted by atomic mass is 16.5. The van der Waals surface area contributed by atoms with Crippen molar-refractivity contribution in [2.45, 2.75) is 18.9 Å². The predicted octanol–water partition coefficient (Wildman–Crippen LogP) is 3.31. The molecule has 2 aromatic carbocycles. The van der Waals surface area contributed by atoms with Crippen molar-refractivity contribution in [2.75, 3.05) is 19.5 Å². The molecule has 4 aliphatic carbocycles. The molecule has 35 heavy (non-hydrogen) atoms. The summed E-state index contributed by atoms with van der Waals surface area (Å²) in [7, 11) is 3.07. The lowest BCUT2D eigenvalue weighted by Crippen LogP contribution is -2.49. The zero-order valence-corrected chi connectivity index (χ0v) is 19.7. The average Bonchev–Trinajstić information content (AvgIpc) is 3.67. The van der Waals surface area contributed by atoms with E-state index < -0.39 is 11.9 Å². The van der Waals surface area contributed by atoms with E-state index in [1.54, 1.807) is 25.3 Å². The number of amides is 3. The fourth-order valence-electron chi connectivity index (χ4n) is 6.54. The summed E-state index contributed by atoms with van der Waals surface area (Å²) in [6, 6.07) is 13.6. The number of carbonyl (C=O) groups is 3. The first-order valence-electron chi connectivity index (χ1n) is 12.1. The number of nitrogens with one attached hydrogen (secondary N) is 1. The number of benzene rings is 2. The van der Waals surface area contributed by atoms with Gasteiger partial charge in [-0.15, -0.1) is 0 Å². The third-order valence-corrected chi connectivity index (χ3v) is 8.25. The molecule has 2 aromatic rings. The fourth-order valence-corrected chi connectivity index (χ4v) is 6.54. The van der Waals surface area contributed by atoms with Gasteiger partial charge in [-0.3, -0.25) is 19.3 Å². The van der Waals surface area contributed by atoms with Gasteiger partial charge in [0.05, 0.1) is 31.7 Å². The Morgan fingerprint density at radius 3 is 2.23 bits per heavy atom. The van der Waals surface area contributed by atoms with E-state index >= 15 is 0 Å². The Balaban J connectivity index is 1.33. The molecule has 7 rings (SSSR count). The van der Waals surface area contributed by atoms with Crippen molar-refractivity contribution in [2.24, 2.45) is 35.5 Å². The molecule has 7 heteroatoms. The minimum absolute atomic E-state index is 0.110. The van der Waals surface area contributed by atoms with Gasteiger partial charge in [-0.2, -0.15) is 0 Å². The summed E-state index contributed by atoms with van der Waals surface area (Å²) in [6.07, 6.45) is 5.63. The van der Waals surface area contributed by atoms with Gasteiger partial charge in [0, 0.05) is 12.5 Å². The number of imide groups is 1. The Kier molecular flexibility index (Phi) is 5.16. The molecular formula is C28H28N2O5. The van der Waals surface area contributed by atoms with Crippen molar-refractivity contribution in [3.8, 4) is 11.5 Å². The van der Waals surface area contributed by atoms with Crippen molar-refractivity contribution in [1.29, 1.82) is 0 Å². The smallest absolute Gasteiger partial charge is 0.248 e. The molecule has 3 amide bonds. The summed E-state index contributed by atoms with van der Waals surface area (Å²) < 4.78 is 10.7. The zero-order valence-electron chi connectivity index (χ0n) is 19.7. The van der Waals surface area contributed by atoms with E-state index in [0.29, 0.717) is 29.0 Å². The lowest BCUT2D eigenvalue weighted by molar-refractivity contribution is -0.146. The van der Waals surface area contributed by atoms with E-state index in [1.807, 2.05) is 30.3 Å². The van der Waals surface area contributed by atoms with Crippen LogP contribution in [0.1, 0.15) is 12.0 Å². The largest absolute Gasteiger partial charge is 0.497 e. The van der Waals surface area contributed by atoms with Crippen molar-refractivity contribution in [3.63, 3.8) is 0 Å². The molecule has 1 heterocycles. The summed E-state index contributed by atoms with van der Waals surface area (Å²) in [4.78, 5) is 42.5. The molecule has 0 radical (unpaired) electrons. The van der Waals surface area contributed by atoms with Crippen LogP contribution in [0.4, 0.5) is 5.69 Å². The van der Waals surface area contributed by atoms with Crippen LogP contribution in [0.3, 0.4) is 0 Å². The quantitative estimate of drug-likeness (QED) is 0.494. The van der Waals surface area contributed by atoms with Gasteiger partial charge in [0.25, 0.3) is 0 Å². The third kappa shape index (κ3) is 3.44. The average molecular weight is 473 g/mol. The second-order valence-corrected chi connectivity index (χ2v) is 9.96. The number of methoxy groups -OCH3 is 2. The van der Waals surface area contributed by atoms with Gasteiger partial charge in [0.2, 0.25) is 17.7 Å². The monoisotopic (exact) mass is 472 g/mol. The fraction of sp³-hybridized carbons (Fsp3) is 0.393. The van der Waals surface area contributed by atoms with Crippen LogP contribution < -0.4 is 14.8 Å². The van der Waals surface area contributed by atoms with E-state index in [-0.39, 0.29) is 41.9 Å². The first-order valence-corrected chi connectivity index (χ1v) is 12.1. The highest BCUT2D eigenvalue weighted by Gasteiger charge is 2.67. The Morgan fingerprint density at radius 2 is 1.63 bits per heavy atom. The van der Waals surface area contributed by atoms with Crippen LogP contribution in [0, 0.1) is 35.5 Å². The SMILES string of the molecule is COc1ccc(NC(=O)[C@@H](Cc2ccccc2)N2C(=O)[C@H]3[C@@H]4C=C[C@H]([C@H]5C[C@H]45)[C@@H]3C2=O)c(OC)c1. The number of likely N-dealkylation sites (tertiary alicyclic amines) is 1. The van der Waals surface area contributed by atoms with E-state index in [4.69, 9.17) is 9.47 Å². The van der Waals surface area contributed by atoms with Crippen LogP contribution in [0.5, 0.6) is 11.5 Å². The lowest BCUT2D eigenvalue weighted by Gasteiger charge is -2.37. The van der Waals surface area contributed by atoms with Crippen molar-refractivity contribution in [1.82, 2.24) is 4.90 Å². The summed E-state index contributed by atoms with van der Waals surface area (Å²) in [5.74, 6) is 0.749. The second-order valence-electron chi connectivity index (χ2n) is 9.96. The molecular weight excluding hydrogens is 444 g/mol. The van der Waals surface area contributed by atoms with Crippen LogP contribution in [0.25, 0.3) is 0 Å². The normalized spacial score (nSPS) is 30.5. The lowest BCUT2D eigenvalue weighted by atomic mass is 9.63. The number of nitrogens with zero attached hydrogens (tertiary/aromatic N) is 1. The highest BCUT2D eigenvalue weighted by Crippen LogP contribution is 2.65.